The number of hydrogen-bond acceptors (Lipinski definition) is 7. The maximum Gasteiger partial charge on any atom is 0.262 e. The molecular weight excluding hydrogens is 640 g/mol. The first-order valence-electron chi connectivity index (χ1n) is 15.5. The highest BCUT2D eigenvalue weighted by Gasteiger charge is 2.21. The number of unbranched alkanes of at least 4 members (excludes halogenated alkanes) is 3. The lowest BCUT2D eigenvalue weighted by Crippen LogP contribution is -2.43. The fraction of sp³-hybridized carbons (Fsp3) is 0.382. The summed E-state index contributed by atoms with van der Waals surface area (Å²) in [6.07, 6.45) is 3.44. The predicted molar refractivity (Wildman–Crippen MR) is 188 cm³/mol. The van der Waals surface area contributed by atoms with E-state index < -0.39 is 5.91 Å². The van der Waals surface area contributed by atoms with E-state index in [1.54, 1.807) is 28.8 Å². The molecule has 0 saturated carbocycles. The van der Waals surface area contributed by atoms with Crippen molar-refractivity contribution in [1.82, 2.24) is 31.2 Å². The summed E-state index contributed by atoms with van der Waals surface area (Å²) >= 11 is 10.0. The van der Waals surface area contributed by atoms with Crippen molar-refractivity contribution in [3.05, 3.63) is 82.1 Å². The molecule has 2 aromatic carbocycles. The zero-order chi connectivity index (χ0) is 34.3. The lowest BCUT2D eigenvalue weighted by molar-refractivity contribution is -0.127. The molecule has 47 heavy (non-hydrogen) atoms. The molecule has 1 aromatic heterocycles. The number of rotatable bonds is 18. The minimum atomic E-state index is -0.467. The van der Waals surface area contributed by atoms with Crippen molar-refractivity contribution in [1.29, 1.82) is 0 Å². The van der Waals surface area contributed by atoms with Gasteiger partial charge in [0.2, 0.25) is 23.6 Å². The van der Waals surface area contributed by atoms with Crippen LogP contribution < -0.4 is 26.6 Å². The molecule has 0 fully saturated rings. The summed E-state index contributed by atoms with van der Waals surface area (Å²) in [7, 11) is 0. The van der Waals surface area contributed by atoms with Gasteiger partial charge in [0.15, 0.2) is 0 Å². The van der Waals surface area contributed by atoms with Crippen molar-refractivity contribution < 1.29 is 24.0 Å². The Balaban J connectivity index is 1.34. The predicted octanol–water partition coefficient (Wildman–Crippen LogP) is 3.20. The Hall–Kier alpha value is -4.29. The molecule has 3 aromatic rings. The number of halogens is 1. The second-order valence-electron chi connectivity index (χ2n) is 11.2. The van der Waals surface area contributed by atoms with E-state index in [0.29, 0.717) is 35.1 Å². The van der Waals surface area contributed by atoms with Crippen LogP contribution in [0.3, 0.4) is 0 Å². The number of carbonyl (C=O) groups excluding carboxylic acids is 5. The average Bonchev–Trinajstić information content (AvgIpc) is 3.32. The SMILES string of the molecule is C=C(CS)NCC(=O)NCC(=O)NCC(=O)NCCCCCCNC(=O)Cc1c(C)n(C(=O)c2ccc(Cl)cc2)c2ccc(C)cc12. The van der Waals surface area contributed by atoms with Crippen LogP contribution in [-0.4, -0.2) is 72.6 Å². The molecule has 1 heterocycles. The minimum absolute atomic E-state index is 0.0131. The number of amides is 4. The van der Waals surface area contributed by atoms with Crippen LogP contribution in [0.15, 0.2) is 54.7 Å². The largest absolute Gasteiger partial charge is 0.379 e. The Morgan fingerprint density at radius 2 is 1.30 bits per heavy atom. The number of nitrogens with one attached hydrogen (secondary N) is 5. The molecule has 11 nitrogen and oxygen atoms in total. The Labute approximate surface area is 285 Å². The molecule has 0 spiro atoms. The zero-order valence-corrected chi connectivity index (χ0v) is 28.5. The molecule has 0 radical (unpaired) electrons. The number of fused-ring (bicyclic) bond motifs is 1. The number of hydrogen-bond donors (Lipinski definition) is 6. The van der Waals surface area contributed by atoms with Gasteiger partial charge in [-0.15, -0.1) is 0 Å². The Kier molecular flexibility index (Phi) is 14.8. The van der Waals surface area contributed by atoms with Crippen LogP contribution in [-0.2, 0) is 25.6 Å². The summed E-state index contributed by atoms with van der Waals surface area (Å²) in [4.78, 5) is 61.9. The highest BCUT2D eigenvalue weighted by atomic mass is 35.5. The van der Waals surface area contributed by atoms with Gasteiger partial charge >= 0.3 is 0 Å². The van der Waals surface area contributed by atoms with Crippen molar-refractivity contribution in [2.75, 3.05) is 38.5 Å². The molecule has 252 valence electrons. The van der Waals surface area contributed by atoms with E-state index in [9.17, 15) is 24.0 Å². The maximum atomic E-state index is 13.4. The van der Waals surface area contributed by atoms with E-state index in [-0.39, 0.29) is 49.7 Å². The minimum Gasteiger partial charge on any atom is -0.379 e. The van der Waals surface area contributed by atoms with Crippen LogP contribution in [0.25, 0.3) is 10.9 Å². The number of aromatic nitrogens is 1. The maximum absolute atomic E-state index is 13.4. The topological polar surface area (TPSA) is 150 Å². The molecule has 0 saturated heterocycles. The van der Waals surface area contributed by atoms with E-state index >= 15 is 0 Å². The molecule has 13 heteroatoms. The molecule has 0 bridgehead atoms. The first-order valence-corrected chi connectivity index (χ1v) is 16.5. The number of thiol groups is 1. The third kappa shape index (κ3) is 11.8. The van der Waals surface area contributed by atoms with Crippen molar-refractivity contribution in [3.63, 3.8) is 0 Å². The van der Waals surface area contributed by atoms with Crippen LogP contribution in [0, 0.1) is 13.8 Å². The van der Waals surface area contributed by atoms with Crippen LogP contribution >= 0.6 is 24.2 Å². The van der Waals surface area contributed by atoms with Crippen molar-refractivity contribution >= 4 is 64.7 Å². The number of carbonyl (C=O) groups is 5. The van der Waals surface area contributed by atoms with E-state index in [2.05, 4.69) is 45.8 Å². The van der Waals surface area contributed by atoms with Gasteiger partial charge in [-0.3, -0.25) is 28.5 Å². The van der Waals surface area contributed by atoms with Crippen LogP contribution in [0.4, 0.5) is 0 Å². The molecule has 0 atom stereocenters. The lowest BCUT2D eigenvalue weighted by atomic mass is 10.1. The fourth-order valence-corrected chi connectivity index (χ4v) is 5.13. The summed E-state index contributed by atoms with van der Waals surface area (Å²) in [6, 6.07) is 12.6. The monoisotopic (exact) mass is 682 g/mol. The smallest absolute Gasteiger partial charge is 0.262 e. The third-order valence-corrected chi connectivity index (χ3v) is 8.09. The second-order valence-corrected chi connectivity index (χ2v) is 11.9. The quantitative estimate of drug-likeness (QED) is 0.0897. The Morgan fingerprint density at radius 1 is 0.745 bits per heavy atom. The van der Waals surface area contributed by atoms with Gasteiger partial charge in [0, 0.05) is 46.2 Å². The van der Waals surface area contributed by atoms with E-state index in [1.165, 1.54) is 0 Å². The second kappa shape index (κ2) is 18.8. The van der Waals surface area contributed by atoms with Crippen LogP contribution in [0.5, 0.6) is 0 Å². The summed E-state index contributed by atoms with van der Waals surface area (Å²) in [6.45, 7) is 8.08. The summed E-state index contributed by atoms with van der Waals surface area (Å²) < 4.78 is 1.66. The summed E-state index contributed by atoms with van der Waals surface area (Å²) in [5.74, 6) is -1.05. The lowest BCUT2D eigenvalue weighted by Gasteiger charge is -2.09. The molecular formula is C34H43ClN6O5S. The number of benzene rings is 2. The van der Waals surface area contributed by atoms with E-state index in [1.807, 2.05) is 32.0 Å². The normalized spacial score (nSPS) is 10.7. The van der Waals surface area contributed by atoms with Crippen molar-refractivity contribution in [2.45, 2.75) is 46.0 Å². The number of nitrogens with zero attached hydrogens (tertiary/aromatic N) is 1. The molecule has 4 amide bonds. The van der Waals surface area contributed by atoms with Gasteiger partial charge < -0.3 is 26.6 Å². The molecule has 0 aliphatic heterocycles. The van der Waals surface area contributed by atoms with Gasteiger partial charge in [0.1, 0.15) is 0 Å². The van der Waals surface area contributed by atoms with Gasteiger partial charge in [-0.2, -0.15) is 12.6 Å². The molecule has 0 aliphatic carbocycles. The number of aryl methyl sites for hydroxylation is 1. The molecule has 5 N–H and O–H groups in total. The van der Waals surface area contributed by atoms with Crippen molar-refractivity contribution in [2.24, 2.45) is 0 Å². The summed E-state index contributed by atoms with van der Waals surface area (Å²) in [5.41, 5.74) is 4.46. The summed E-state index contributed by atoms with van der Waals surface area (Å²) in [5, 5.41) is 14.9. The highest BCUT2D eigenvalue weighted by molar-refractivity contribution is 7.80. The average molecular weight is 683 g/mol. The van der Waals surface area contributed by atoms with E-state index in [0.717, 1.165) is 53.4 Å². The Bertz CT molecular complexity index is 1600. The third-order valence-electron chi connectivity index (χ3n) is 7.45. The van der Waals surface area contributed by atoms with Gasteiger partial charge in [-0.1, -0.05) is 42.7 Å². The van der Waals surface area contributed by atoms with Gasteiger partial charge in [0.05, 0.1) is 31.6 Å². The van der Waals surface area contributed by atoms with Gasteiger partial charge in [-0.05, 0) is 68.7 Å². The highest BCUT2D eigenvalue weighted by Crippen LogP contribution is 2.28. The first kappa shape index (κ1) is 37.2. The zero-order valence-electron chi connectivity index (χ0n) is 26.8. The van der Waals surface area contributed by atoms with Crippen molar-refractivity contribution in [3.8, 4) is 0 Å². The molecule has 0 aliphatic rings. The van der Waals surface area contributed by atoms with Gasteiger partial charge in [0.25, 0.3) is 5.91 Å². The fourth-order valence-electron chi connectivity index (χ4n) is 4.89. The molecule has 0 unspecified atom stereocenters. The van der Waals surface area contributed by atoms with Crippen LogP contribution in [0.2, 0.25) is 5.02 Å². The molecule has 3 rings (SSSR count). The van der Waals surface area contributed by atoms with E-state index in [4.69, 9.17) is 11.6 Å². The van der Waals surface area contributed by atoms with Gasteiger partial charge in [-0.25, -0.2) is 0 Å². The first-order chi connectivity index (χ1) is 22.5. The standard InChI is InChI=1S/C34H43ClN6O5S/c1-22-8-13-29-28(16-22)27(24(3)41(29)34(46)25-9-11-26(35)12-10-25)17-30(42)36-14-6-4-5-7-15-37-31(43)19-39-33(45)20-40-32(44)18-38-23(2)21-47/h8-13,16,38,47H,2,4-7,14-15,17-21H2,1,3H3,(H,36,42)(H,37,43)(H,39,45)(H,40,44). The Morgan fingerprint density at radius 3 is 1.89 bits per heavy atom. The van der Waals surface area contributed by atoms with Crippen LogP contribution in [0.1, 0.15) is 52.9 Å².